The molecule has 0 unspecified atom stereocenters. The van der Waals surface area contributed by atoms with Crippen molar-refractivity contribution in [3.8, 4) is 11.1 Å². The molecule has 2 aromatic rings. The predicted octanol–water partition coefficient (Wildman–Crippen LogP) is 0.471. The van der Waals surface area contributed by atoms with Crippen molar-refractivity contribution in [3.63, 3.8) is 0 Å². The highest BCUT2D eigenvalue weighted by Crippen LogP contribution is 2.25. The molecule has 11 heteroatoms. The van der Waals surface area contributed by atoms with Crippen LogP contribution < -0.4 is 16.4 Å². The summed E-state index contributed by atoms with van der Waals surface area (Å²) in [5, 5.41) is 0. The third-order valence-corrected chi connectivity index (χ3v) is 4.34. The third kappa shape index (κ3) is 4.75. The second-order valence-corrected chi connectivity index (χ2v) is 6.38. The van der Waals surface area contributed by atoms with Gasteiger partial charge < -0.3 is 26.0 Å². The van der Waals surface area contributed by atoms with E-state index in [9.17, 15) is 14.0 Å². The zero-order valence-corrected chi connectivity index (χ0v) is 15.7. The Kier molecular flexibility index (Phi) is 5.86. The van der Waals surface area contributed by atoms with Crippen molar-refractivity contribution in [2.45, 2.75) is 6.61 Å². The van der Waals surface area contributed by atoms with E-state index in [4.69, 9.17) is 16.2 Å². The number of ether oxygens (including phenoxy) is 1. The van der Waals surface area contributed by atoms with Crippen molar-refractivity contribution in [3.05, 3.63) is 42.0 Å². The second-order valence-electron chi connectivity index (χ2n) is 6.38. The minimum absolute atomic E-state index is 0.0158. The molecule has 29 heavy (non-hydrogen) atoms. The number of nitrogens with two attached hydrogens (primary N) is 2. The molecule has 4 N–H and O–H groups in total. The Morgan fingerprint density at radius 1 is 1.28 bits per heavy atom. The molecular formula is C18H20FN7O3. The van der Waals surface area contributed by atoms with Crippen molar-refractivity contribution in [2.24, 2.45) is 16.5 Å². The molecular weight excluding hydrogens is 381 g/mol. The fourth-order valence-electron chi connectivity index (χ4n) is 2.74. The maximum Gasteiger partial charge on any atom is 0.437 e. The average Bonchev–Trinajstić information content (AvgIpc) is 2.69. The van der Waals surface area contributed by atoms with Crippen LogP contribution in [0, 0.1) is 5.82 Å². The largest absolute Gasteiger partial charge is 0.443 e. The minimum atomic E-state index is -1.01. The molecule has 1 aromatic heterocycles. The predicted molar refractivity (Wildman–Crippen MR) is 103 cm³/mol. The van der Waals surface area contributed by atoms with Gasteiger partial charge in [0.15, 0.2) is 5.96 Å². The molecule has 1 fully saturated rings. The number of carbonyl (C=O) groups is 2. The molecule has 1 saturated heterocycles. The molecule has 2 heterocycles. The smallest absolute Gasteiger partial charge is 0.437 e. The standard InChI is InChI=1S/C18H20FN7O3/c1-25-5-6-26(9-14(25)27)17-22-7-12(8-23-17)13-4-2-3-11(15(13)19)10-29-18(28)24-16(20)21/h2-4,7-8H,5-6,9-10H2,1H3,(H4,20,21,24,28). The average molecular weight is 401 g/mol. The van der Waals surface area contributed by atoms with E-state index < -0.39 is 17.9 Å². The first kappa shape index (κ1) is 20.0. The van der Waals surface area contributed by atoms with Crippen LogP contribution in [0.4, 0.5) is 15.1 Å². The number of hydrogen-bond donors (Lipinski definition) is 2. The molecule has 3 rings (SSSR count). The zero-order chi connectivity index (χ0) is 21.0. The fraction of sp³-hybridized carbons (Fsp3) is 0.278. The molecule has 0 aliphatic carbocycles. The Balaban J connectivity index is 1.74. The van der Waals surface area contributed by atoms with Crippen LogP contribution in [0.5, 0.6) is 0 Å². The van der Waals surface area contributed by atoms with E-state index in [-0.39, 0.29) is 30.2 Å². The van der Waals surface area contributed by atoms with E-state index in [1.54, 1.807) is 29.0 Å². The SMILES string of the molecule is CN1CCN(c2ncc(-c3cccc(COC(=O)N=C(N)N)c3F)cn2)CC1=O. The molecule has 1 aromatic carbocycles. The number of aliphatic imine (C=N–C) groups is 1. The van der Waals surface area contributed by atoms with Crippen LogP contribution >= 0.6 is 0 Å². The normalized spacial score (nSPS) is 13.9. The lowest BCUT2D eigenvalue weighted by Crippen LogP contribution is -2.49. The lowest BCUT2D eigenvalue weighted by molar-refractivity contribution is -0.129. The number of anilines is 1. The van der Waals surface area contributed by atoms with Gasteiger partial charge in [-0.2, -0.15) is 0 Å². The van der Waals surface area contributed by atoms with Gasteiger partial charge in [0, 0.05) is 49.2 Å². The summed E-state index contributed by atoms with van der Waals surface area (Å²) in [4.78, 5) is 38.4. The van der Waals surface area contributed by atoms with Crippen LogP contribution in [0.3, 0.4) is 0 Å². The zero-order valence-electron chi connectivity index (χ0n) is 15.7. The Hall–Kier alpha value is -3.76. The number of nitrogens with zero attached hydrogens (tertiary/aromatic N) is 5. The highest BCUT2D eigenvalue weighted by atomic mass is 19.1. The van der Waals surface area contributed by atoms with Gasteiger partial charge in [-0.3, -0.25) is 4.79 Å². The van der Waals surface area contributed by atoms with Gasteiger partial charge in [-0.1, -0.05) is 18.2 Å². The molecule has 0 bridgehead atoms. The molecule has 0 saturated carbocycles. The maximum atomic E-state index is 14.8. The highest BCUT2D eigenvalue weighted by Gasteiger charge is 2.23. The van der Waals surface area contributed by atoms with E-state index in [1.807, 2.05) is 0 Å². The summed E-state index contributed by atoms with van der Waals surface area (Å²) in [7, 11) is 1.74. The summed E-state index contributed by atoms with van der Waals surface area (Å²) in [5.74, 6) is -0.629. The number of hydrogen-bond acceptors (Lipinski definition) is 6. The molecule has 1 aliphatic rings. The minimum Gasteiger partial charge on any atom is -0.443 e. The number of likely N-dealkylation sites (N-methyl/N-ethyl adjacent to an activating group) is 1. The van der Waals surface area contributed by atoms with Gasteiger partial charge in [0.25, 0.3) is 0 Å². The first-order valence-electron chi connectivity index (χ1n) is 8.70. The van der Waals surface area contributed by atoms with E-state index in [0.717, 1.165) is 0 Å². The van der Waals surface area contributed by atoms with Gasteiger partial charge in [0.1, 0.15) is 12.4 Å². The lowest BCUT2D eigenvalue weighted by Gasteiger charge is -2.31. The quantitative estimate of drug-likeness (QED) is 0.557. The number of guanidine groups is 1. The molecule has 1 aliphatic heterocycles. The number of amides is 2. The third-order valence-electron chi connectivity index (χ3n) is 4.34. The van der Waals surface area contributed by atoms with Gasteiger partial charge in [-0.25, -0.2) is 19.2 Å². The Labute approximate surface area is 166 Å². The highest BCUT2D eigenvalue weighted by molar-refractivity contribution is 5.87. The van der Waals surface area contributed by atoms with Gasteiger partial charge in [0.05, 0.1) is 6.54 Å². The van der Waals surface area contributed by atoms with Crippen molar-refractivity contribution in [1.29, 1.82) is 0 Å². The van der Waals surface area contributed by atoms with Gasteiger partial charge in [-0.05, 0) is 0 Å². The van der Waals surface area contributed by atoms with Crippen LogP contribution in [-0.2, 0) is 16.1 Å². The van der Waals surface area contributed by atoms with Crippen LogP contribution in [0.25, 0.3) is 11.1 Å². The summed E-state index contributed by atoms with van der Waals surface area (Å²) in [6, 6.07) is 4.66. The second kappa shape index (κ2) is 8.50. The van der Waals surface area contributed by atoms with E-state index in [0.29, 0.717) is 24.6 Å². The number of halogens is 1. The Morgan fingerprint density at radius 2 is 2.00 bits per heavy atom. The van der Waals surface area contributed by atoms with Crippen LogP contribution in [0.1, 0.15) is 5.56 Å². The van der Waals surface area contributed by atoms with Crippen molar-refractivity contribution in [2.75, 3.05) is 31.6 Å². The van der Waals surface area contributed by atoms with Crippen LogP contribution in [0.15, 0.2) is 35.6 Å². The molecule has 0 radical (unpaired) electrons. The first-order chi connectivity index (χ1) is 13.8. The summed E-state index contributed by atoms with van der Waals surface area (Å²) < 4.78 is 19.7. The van der Waals surface area contributed by atoms with Crippen molar-refractivity contribution < 1.29 is 18.7 Å². The molecule has 0 spiro atoms. The maximum absolute atomic E-state index is 14.8. The van der Waals surface area contributed by atoms with Crippen molar-refractivity contribution in [1.82, 2.24) is 14.9 Å². The van der Waals surface area contributed by atoms with E-state index in [1.165, 1.54) is 18.5 Å². The number of piperazine rings is 1. The summed E-state index contributed by atoms with van der Waals surface area (Å²) in [6.45, 7) is 1.06. The first-order valence-corrected chi connectivity index (χ1v) is 8.70. The Bertz CT molecular complexity index is 945. The molecule has 0 atom stereocenters. The lowest BCUT2D eigenvalue weighted by atomic mass is 10.1. The van der Waals surface area contributed by atoms with Crippen molar-refractivity contribution >= 4 is 23.9 Å². The van der Waals surface area contributed by atoms with Gasteiger partial charge >= 0.3 is 6.09 Å². The van der Waals surface area contributed by atoms with Crippen LogP contribution in [-0.4, -0.2) is 59.5 Å². The van der Waals surface area contributed by atoms with Crippen LogP contribution in [0.2, 0.25) is 0 Å². The molecule has 10 nitrogen and oxygen atoms in total. The summed E-state index contributed by atoms with van der Waals surface area (Å²) in [5.41, 5.74) is 11.0. The van der Waals surface area contributed by atoms with Gasteiger partial charge in [-0.15, -0.1) is 4.99 Å². The molecule has 2 amide bonds. The number of carbonyl (C=O) groups excluding carboxylic acids is 2. The monoisotopic (exact) mass is 401 g/mol. The molecule has 152 valence electrons. The number of benzene rings is 1. The van der Waals surface area contributed by atoms with E-state index in [2.05, 4.69) is 15.0 Å². The van der Waals surface area contributed by atoms with Gasteiger partial charge in [0.2, 0.25) is 11.9 Å². The number of rotatable bonds is 4. The summed E-state index contributed by atoms with van der Waals surface area (Å²) in [6.07, 6.45) is 1.96. The van der Waals surface area contributed by atoms with E-state index >= 15 is 0 Å². The topological polar surface area (TPSA) is 140 Å². The number of aromatic nitrogens is 2. The Morgan fingerprint density at radius 3 is 2.66 bits per heavy atom. The summed E-state index contributed by atoms with van der Waals surface area (Å²) >= 11 is 0. The fourth-order valence-corrected chi connectivity index (χ4v) is 2.74.